The summed E-state index contributed by atoms with van der Waals surface area (Å²) in [7, 11) is 0. The van der Waals surface area contributed by atoms with Crippen molar-refractivity contribution < 1.29 is 14.3 Å². The highest BCUT2D eigenvalue weighted by molar-refractivity contribution is 9.10. The number of β-lactam (4-membered cyclic amide) rings is 1. The number of benzene rings is 3. The molecule has 2 amide bonds. The van der Waals surface area contributed by atoms with E-state index in [4.69, 9.17) is 27.9 Å². The predicted octanol–water partition coefficient (Wildman–Crippen LogP) is 5.77. The molecule has 8 heteroatoms. The Labute approximate surface area is 216 Å². The van der Waals surface area contributed by atoms with Crippen LogP contribution in [-0.2, 0) is 21.8 Å². The van der Waals surface area contributed by atoms with Crippen LogP contribution < -0.4 is 5.32 Å². The molecular weight excluding hydrogens is 539 g/mol. The third-order valence-electron chi connectivity index (χ3n) is 6.48. The Balaban J connectivity index is 1.68. The lowest BCUT2D eigenvalue weighted by Gasteiger charge is -2.44. The summed E-state index contributed by atoms with van der Waals surface area (Å²) in [5.74, 6) is -0.229. The number of halogens is 3. The van der Waals surface area contributed by atoms with Gasteiger partial charge in [-0.25, -0.2) is 0 Å². The SMILES string of the molecule is CC1(COC2(c3ccc(Cl)cc3)c3ccc(Br)cc3C(=O)N2Cc2ccc(Cl)cc2)CNC1=O. The van der Waals surface area contributed by atoms with Crippen LogP contribution in [0.2, 0.25) is 10.0 Å². The van der Waals surface area contributed by atoms with E-state index < -0.39 is 11.1 Å². The number of fused-ring (bicyclic) bond motifs is 1. The normalized spacial score (nSPS) is 23.5. The van der Waals surface area contributed by atoms with Crippen molar-refractivity contribution in [2.45, 2.75) is 19.2 Å². The third kappa shape index (κ3) is 3.83. The van der Waals surface area contributed by atoms with Crippen molar-refractivity contribution in [3.05, 3.63) is 104 Å². The number of carbonyl (C=O) groups excluding carboxylic acids is 2. The number of ether oxygens (including phenoxy) is 1. The Bertz CT molecular complexity index is 1280. The van der Waals surface area contributed by atoms with E-state index in [0.29, 0.717) is 22.2 Å². The maximum Gasteiger partial charge on any atom is 0.257 e. The van der Waals surface area contributed by atoms with Crippen molar-refractivity contribution in [3.63, 3.8) is 0 Å². The van der Waals surface area contributed by atoms with Gasteiger partial charge in [0.2, 0.25) is 5.91 Å². The molecule has 1 N–H and O–H groups in total. The van der Waals surface area contributed by atoms with Crippen LogP contribution in [0.25, 0.3) is 0 Å². The smallest absolute Gasteiger partial charge is 0.257 e. The molecule has 5 nitrogen and oxygen atoms in total. The molecule has 1 fully saturated rings. The quantitative estimate of drug-likeness (QED) is 0.390. The van der Waals surface area contributed by atoms with Gasteiger partial charge in [0.05, 0.1) is 12.0 Å². The monoisotopic (exact) mass is 558 g/mol. The number of carbonyl (C=O) groups is 2. The van der Waals surface area contributed by atoms with Gasteiger partial charge < -0.3 is 10.1 Å². The Morgan fingerprint density at radius 3 is 2.24 bits per heavy atom. The van der Waals surface area contributed by atoms with E-state index in [1.54, 1.807) is 29.2 Å². The zero-order chi connectivity index (χ0) is 24.1. The molecule has 5 rings (SSSR count). The molecule has 2 aliphatic rings. The van der Waals surface area contributed by atoms with E-state index >= 15 is 0 Å². The summed E-state index contributed by atoms with van der Waals surface area (Å²) in [5, 5.41) is 3.99. The first kappa shape index (κ1) is 23.4. The first-order valence-electron chi connectivity index (χ1n) is 10.8. The van der Waals surface area contributed by atoms with Crippen molar-refractivity contribution in [3.8, 4) is 0 Å². The van der Waals surface area contributed by atoms with Crippen LogP contribution in [0.15, 0.2) is 71.2 Å². The fourth-order valence-corrected chi connectivity index (χ4v) is 5.06. The molecule has 0 aromatic heterocycles. The van der Waals surface area contributed by atoms with Crippen molar-refractivity contribution in [1.82, 2.24) is 10.2 Å². The zero-order valence-electron chi connectivity index (χ0n) is 18.3. The minimum atomic E-state index is -1.24. The lowest BCUT2D eigenvalue weighted by molar-refractivity contribution is -0.163. The fourth-order valence-electron chi connectivity index (χ4n) is 4.45. The second-order valence-electron chi connectivity index (χ2n) is 8.89. The van der Waals surface area contributed by atoms with Crippen LogP contribution in [-0.4, -0.2) is 29.9 Å². The summed E-state index contributed by atoms with van der Waals surface area (Å²) < 4.78 is 7.49. The second kappa shape index (κ2) is 8.68. The molecule has 0 radical (unpaired) electrons. The molecule has 174 valence electrons. The number of nitrogens with zero attached hydrogens (tertiary/aromatic N) is 1. The molecule has 2 heterocycles. The Morgan fingerprint density at radius 2 is 1.65 bits per heavy atom. The molecule has 2 unspecified atom stereocenters. The van der Waals surface area contributed by atoms with E-state index in [0.717, 1.165) is 21.2 Å². The number of hydrogen-bond donors (Lipinski definition) is 1. The van der Waals surface area contributed by atoms with Crippen LogP contribution in [0.4, 0.5) is 0 Å². The topological polar surface area (TPSA) is 58.6 Å². The molecule has 1 saturated heterocycles. The van der Waals surface area contributed by atoms with E-state index in [2.05, 4.69) is 21.2 Å². The van der Waals surface area contributed by atoms with Gasteiger partial charge in [0.15, 0.2) is 5.72 Å². The lowest BCUT2D eigenvalue weighted by atomic mass is 9.83. The Hall–Kier alpha value is -2.38. The van der Waals surface area contributed by atoms with Crippen LogP contribution in [0.1, 0.15) is 34.0 Å². The summed E-state index contributed by atoms with van der Waals surface area (Å²) in [6.45, 7) is 2.81. The Kier molecular flexibility index (Phi) is 5.97. The summed E-state index contributed by atoms with van der Waals surface area (Å²) in [5.41, 5.74) is 1.01. The van der Waals surface area contributed by atoms with Gasteiger partial charge in [-0.05, 0) is 48.9 Å². The minimum Gasteiger partial charge on any atom is -0.354 e. The average molecular weight is 560 g/mol. The third-order valence-corrected chi connectivity index (χ3v) is 7.48. The van der Waals surface area contributed by atoms with E-state index in [1.165, 1.54) is 0 Å². The second-order valence-corrected chi connectivity index (χ2v) is 10.7. The van der Waals surface area contributed by atoms with Gasteiger partial charge in [0, 0.05) is 44.3 Å². The zero-order valence-corrected chi connectivity index (χ0v) is 21.4. The van der Waals surface area contributed by atoms with Crippen LogP contribution >= 0.6 is 39.1 Å². The highest BCUT2D eigenvalue weighted by Gasteiger charge is 2.54. The van der Waals surface area contributed by atoms with Gasteiger partial charge in [-0.2, -0.15) is 0 Å². The molecular formula is C26H21BrCl2N2O3. The highest BCUT2D eigenvalue weighted by Crippen LogP contribution is 2.48. The summed E-state index contributed by atoms with van der Waals surface area (Å²) >= 11 is 15.8. The summed E-state index contributed by atoms with van der Waals surface area (Å²) in [4.78, 5) is 27.9. The summed E-state index contributed by atoms with van der Waals surface area (Å²) in [6.07, 6.45) is 0. The van der Waals surface area contributed by atoms with Crippen LogP contribution in [0, 0.1) is 5.41 Å². The molecule has 0 bridgehead atoms. The van der Waals surface area contributed by atoms with Gasteiger partial charge in [-0.1, -0.05) is 69.5 Å². The van der Waals surface area contributed by atoms with Crippen molar-refractivity contribution in [2.75, 3.05) is 13.2 Å². The van der Waals surface area contributed by atoms with Gasteiger partial charge in [-0.3, -0.25) is 14.5 Å². The van der Waals surface area contributed by atoms with E-state index in [1.807, 2.05) is 49.4 Å². The highest BCUT2D eigenvalue weighted by atomic mass is 79.9. The van der Waals surface area contributed by atoms with Crippen LogP contribution in [0.3, 0.4) is 0 Å². The van der Waals surface area contributed by atoms with Gasteiger partial charge in [-0.15, -0.1) is 0 Å². The Morgan fingerprint density at radius 1 is 1.00 bits per heavy atom. The predicted molar refractivity (Wildman–Crippen MR) is 135 cm³/mol. The standard InChI is InChI=1S/C26H21BrCl2N2O3/c1-25(14-30-24(25)33)15-34-26(17-4-9-20(29)10-5-17)22-11-6-18(27)12-21(22)23(32)31(26)13-16-2-7-19(28)8-3-16/h2-12H,13-15H2,1H3,(H,30,33). The first-order chi connectivity index (χ1) is 16.2. The molecule has 3 aromatic rings. The van der Waals surface area contributed by atoms with Gasteiger partial charge in [0.1, 0.15) is 0 Å². The minimum absolute atomic E-state index is 0.0663. The summed E-state index contributed by atoms with van der Waals surface area (Å²) in [6, 6.07) is 20.3. The van der Waals surface area contributed by atoms with Crippen molar-refractivity contribution in [2.24, 2.45) is 5.41 Å². The largest absolute Gasteiger partial charge is 0.354 e. The first-order valence-corrected chi connectivity index (χ1v) is 12.3. The van der Waals surface area contributed by atoms with Crippen LogP contribution in [0.5, 0.6) is 0 Å². The molecule has 2 atom stereocenters. The average Bonchev–Trinajstić information content (AvgIpc) is 3.06. The maximum absolute atomic E-state index is 13.8. The molecule has 0 aliphatic carbocycles. The van der Waals surface area contributed by atoms with E-state index in [9.17, 15) is 9.59 Å². The number of rotatable bonds is 6. The molecule has 3 aromatic carbocycles. The van der Waals surface area contributed by atoms with E-state index in [-0.39, 0.29) is 25.0 Å². The van der Waals surface area contributed by atoms with Gasteiger partial charge >= 0.3 is 0 Å². The van der Waals surface area contributed by atoms with Gasteiger partial charge in [0.25, 0.3) is 5.91 Å². The fraction of sp³-hybridized carbons (Fsp3) is 0.231. The maximum atomic E-state index is 13.8. The molecule has 0 saturated carbocycles. The number of nitrogens with one attached hydrogen (secondary N) is 1. The number of amides is 2. The molecule has 2 aliphatic heterocycles. The molecule has 34 heavy (non-hydrogen) atoms. The lowest BCUT2D eigenvalue weighted by Crippen LogP contribution is -2.61. The molecule has 0 spiro atoms. The number of hydrogen-bond acceptors (Lipinski definition) is 3. The van der Waals surface area contributed by atoms with Crippen molar-refractivity contribution in [1.29, 1.82) is 0 Å². The van der Waals surface area contributed by atoms with Crippen molar-refractivity contribution >= 4 is 50.9 Å².